The number of hydrogen-bond acceptors (Lipinski definition) is 8. The van der Waals surface area contributed by atoms with Gasteiger partial charge in [0.05, 0.1) is 20.0 Å². The summed E-state index contributed by atoms with van der Waals surface area (Å²) in [5.74, 6) is 1.99. The molecule has 0 fully saturated rings. The minimum atomic E-state index is -0.362. The van der Waals surface area contributed by atoms with Gasteiger partial charge in [-0.1, -0.05) is 72.4 Å². The number of benzene rings is 3. The third-order valence-electron chi connectivity index (χ3n) is 5.79. The van der Waals surface area contributed by atoms with Crippen molar-refractivity contribution in [1.29, 1.82) is 5.26 Å². The molecule has 39 heavy (non-hydrogen) atoms. The monoisotopic (exact) mass is 537 g/mol. The van der Waals surface area contributed by atoms with E-state index in [1.54, 1.807) is 32.4 Å². The molecule has 9 nitrogen and oxygen atoms in total. The molecule has 0 saturated heterocycles. The van der Waals surface area contributed by atoms with Crippen LogP contribution in [0.5, 0.6) is 11.5 Å². The van der Waals surface area contributed by atoms with Crippen molar-refractivity contribution in [2.75, 3.05) is 25.3 Å². The van der Waals surface area contributed by atoms with E-state index in [1.165, 1.54) is 0 Å². The quantitative estimate of drug-likeness (QED) is 0.219. The number of anilines is 1. The van der Waals surface area contributed by atoms with Crippen molar-refractivity contribution in [1.82, 2.24) is 15.2 Å². The predicted molar refractivity (Wildman–Crippen MR) is 149 cm³/mol. The third-order valence-corrected chi connectivity index (χ3v) is 6.64. The number of thioether (sulfide) groups is 1. The van der Waals surface area contributed by atoms with Gasteiger partial charge >= 0.3 is 0 Å². The molecule has 5 aromatic rings. The average molecular weight is 538 g/mol. The summed E-state index contributed by atoms with van der Waals surface area (Å²) in [6, 6.07) is 26.5. The number of hydrogen-bond donors (Lipinski definition) is 2. The highest BCUT2D eigenvalue weighted by Gasteiger charge is 2.24. The molecule has 5 rings (SSSR count). The number of aromatic nitrogens is 3. The maximum atomic E-state index is 12.9. The van der Waals surface area contributed by atoms with Crippen LogP contribution < -0.4 is 14.8 Å². The number of nitriles is 1. The van der Waals surface area contributed by atoms with Gasteiger partial charge < -0.3 is 13.9 Å². The van der Waals surface area contributed by atoms with Crippen molar-refractivity contribution < 1.29 is 18.7 Å². The number of nitrogens with one attached hydrogen (secondary N) is 2. The van der Waals surface area contributed by atoms with Gasteiger partial charge in [0, 0.05) is 22.8 Å². The molecule has 0 saturated carbocycles. The summed E-state index contributed by atoms with van der Waals surface area (Å²) in [7, 11) is 3.14. The number of rotatable bonds is 9. The molecule has 3 aromatic carbocycles. The number of furan rings is 1. The van der Waals surface area contributed by atoms with Crippen molar-refractivity contribution in [2.45, 2.75) is 5.16 Å². The summed E-state index contributed by atoms with van der Waals surface area (Å²) >= 11 is 1.15. The summed E-state index contributed by atoms with van der Waals surface area (Å²) in [6.45, 7) is 0. The van der Waals surface area contributed by atoms with Crippen LogP contribution in [0, 0.1) is 11.3 Å². The Morgan fingerprint density at radius 2 is 1.62 bits per heavy atom. The second kappa shape index (κ2) is 11.6. The summed E-state index contributed by atoms with van der Waals surface area (Å²) < 4.78 is 16.7. The zero-order valence-corrected chi connectivity index (χ0v) is 21.9. The van der Waals surface area contributed by atoms with E-state index in [1.807, 2.05) is 60.7 Å². The smallest absolute Gasteiger partial charge is 0.237 e. The summed E-state index contributed by atoms with van der Waals surface area (Å²) in [4.78, 5) is 17.4. The van der Waals surface area contributed by atoms with Crippen LogP contribution in [0.2, 0.25) is 0 Å². The molecule has 0 radical (unpaired) electrons. The predicted octanol–water partition coefficient (Wildman–Crippen LogP) is 6.02. The fourth-order valence-electron chi connectivity index (χ4n) is 3.98. The molecule has 0 aliphatic rings. The van der Waals surface area contributed by atoms with Crippen LogP contribution in [0.1, 0.15) is 5.56 Å². The molecule has 1 amide bonds. The lowest BCUT2D eigenvalue weighted by atomic mass is 9.98. The zero-order chi connectivity index (χ0) is 27.2. The molecule has 0 spiro atoms. The number of carbonyl (C=O) groups excluding carboxylic acids is 1. The van der Waals surface area contributed by atoms with E-state index in [0.717, 1.165) is 28.5 Å². The minimum absolute atomic E-state index is 0.00559. The average Bonchev–Trinajstić information content (AvgIpc) is 3.61. The lowest BCUT2D eigenvalue weighted by Crippen LogP contribution is -2.14. The molecule has 2 heterocycles. The lowest BCUT2D eigenvalue weighted by Gasteiger charge is -2.06. The Kier molecular flexibility index (Phi) is 7.61. The molecule has 2 N–H and O–H groups in total. The number of aromatic amines is 1. The number of ether oxygens (including phenoxy) is 2. The Bertz CT molecular complexity index is 1620. The van der Waals surface area contributed by atoms with Crippen LogP contribution in [0.25, 0.3) is 33.8 Å². The Balaban J connectivity index is 1.35. The number of H-pyrrole nitrogens is 1. The molecule has 0 aliphatic carbocycles. The lowest BCUT2D eigenvalue weighted by molar-refractivity contribution is -0.113. The van der Waals surface area contributed by atoms with E-state index in [9.17, 15) is 10.1 Å². The van der Waals surface area contributed by atoms with Gasteiger partial charge in [0.2, 0.25) is 16.9 Å². The van der Waals surface area contributed by atoms with E-state index in [-0.39, 0.29) is 23.1 Å². The van der Waals surface area contributed by atoms with Gasteiger partial charge in [-0.25, -0.2) is 4.98 Å². The summed E-state index contributed by atoms with van der Waals surface area (Å²) in [5.41, 5.74) is 3.22. The maximum absolute atomic E-state index is 12.9. The van der Waals surface area contributed by atoms with Crippen LogP contribution >= 0.6 is 11.8 Å². The van der Waals surface area contributed by atoms with Gasteiger partial charge in [-0.05, 0) is 17.7 Å². The van der Waals surface area contributed by atoms with Crippen LogP contribution in [-0.2, 0) is 4.79 Å². The Morgan fingerprint density at radius 1 is 0.974 bits per heavy atom. The fraction of sp³-hybridized carbons (Fsp3) is 0.103. The fourth-order valence-corrected chi connectivity index (χ4v) is 4.57. The van der Waals surface area contributed by atoms with Crippen molar-refractivity contribution in [3.63, 3.8) is 0 Å². The van der Waals surface area contributed by atoms with E-state index in [4.69, 9.17) is 13.9 Å². The highest BCUT2D eigenvalue weighted by Crippen LogP contribution is 2.41. The van der Waals surface area contributed by atoms with Crippen LogP contribution in [-0.4, -0.2) is 41.1 Å². The largest absolute Gasteiger partial charge is 0.497 e. The molecular formula is C29H23N5O4S. The Labute approximate surface area is 228 Å². The van der Waals surface area contributed by atoms with Gasteiger partial charge in [-0.3, -0.25) is 15.2 Å². The molecule has 0 bridgehead atoms. The molecule has 0 aliphatic heterocycles. The van der Waals surface area contributed by atoms with Crippen LogP contribution in [0.3, 0.4) is 0 Å². The second-order valence-electron chi connectivity index (χ2n) is 8.26. The first-order chi connectivity index (χ1) is 19.1. The summed E-state index contributed by atoms with van der Waals surface area (Å²) in [6.07, 6.45) is 0. The first-order valence-corrected chi connectivity index (χ1v) is 12.8. The molecule has 2 aromatic heterocycles. The SMILES string of the molecule is COc1cc(OC)cc(-c2nc(SCC(=O)Nc3oc(-c4ccccc4)c(-c4ccccc4)c3C#N)n[nH]2)c1. The molecule has 0 atom stereocenters. The van der Waals surface area contributed by atoms with Crippen molar-refractivity contribution in [2.24, 2.45) is 0 Å². The van der Waals surface area contributed by atoms with Crippen LogP contribution in [0.4, 0.5) is 5.88 Å². The highest BCUT2D eigenvalue weighted by atomic mass is 32.2. The number of methoxy groups -OCH3 is 2. The van der Waals surface area contributed by atoms with Crippen LogP contribution in [0.15, 0.2) is 88.4 Å². The number of nitrogens with zero attached hydrogens (tertiary/aromatic N) is 3. The normalized spacial score (nSPS) is 10.6. The first-order valence-electron chi connectivity index (χ1n) is 11.9. The summed E-state index contributed by atoms with van der Waals surface area (Å²) in [5, 5.41) is 20.2. The number of carbonyl (C=O) groups is 1. The van der Waals surface area contributed by atoms with Gasteiger partial charge in [0.15, 0.2) is 5.82 Å². The van der Waals surface area contributed by atoms with Gasteiger partial charge in [-0.2, -0.15) is 5.26 Å². The van der Waals surface area contributed by atoms with E-state index >= 15 is 0 Å². The van der Waals surface area contributed by atoms with Gasteiger partial charge in [-0.15, -0.1) is 5.10 Å². The third kappa shape index (κ3) is 5.63. The van der Waals surface area contributed by atoms with E-state index < -0.39 is 0 Å². The minimum Gasteiger partial charge on any atom is -0.497 e. The highest BCUT2D eigenvalue weighted by molar-refractivity contribution is 7.99. The molecule has 0 unspecified atom stereocenters. The van der Waals surface area contributed by atoms with E-state index in [2.05, 4.69) is 26.6 Å². The Hall–Kier alpha value is -5.01. The maximum Gasteiger partial charge on any atom is 0.237 e. The first kappa shape index (κ1) is 25.6. The Morgan fingerprint density at radius 3 is 2.23 bits per heavy atom. The topological polar surface area (TPSA) is 126 Å². The van der Waals surface area contributed by atoms with Gasteiger partial charge in [0.1, 0.15) is 28.9 Å². The molecule has 10 heteroatoms. The van der Waals surface area contributed by atoms with Gasteiger partial charge in [0.25, 0.3) is 0 Å². The molecular weight excluding hydrogens is 514 g/mol. The van der Waals surface area contributed by atoms with Crippen molar-refractivity contribution in [3.05, 3.63) is 84.4 Å². The van der Waals surface area contributed by atoms with Crippen molar-refractivity contribution in [3.8, 4) is 51.4 Å². The molecule has 194 valence electrons. The second-order valence-corrected chi connectivity index (χ2v) is 9.20. The zero-order valence-electron chi connectivity index (χ0n) is 21.1. The standard InChI is InChI=1S/C29H23N5O4S/c1-36-21-13-20(14-22(15-21)37-2)27-32-29(34-33-27)39-17-24(35)31-28-23(16-30)25(18-9-5-3-6-10-18)26(38-28)19-11-7-4-8-12-19/h3-15H,17H2,1-2H3,(H,31,35)(H,32,33,34). The van der Waals surface area contributed by atoms with Crippen molar-refractivity contribution >= 4 is 23.6 Å². The van der Waals surface area contributed by atoms with E-state index in [0.29, 0.717) is 33.8 Å². The number of amides is 1.